The third-order valence-electron chi connectivity index (χ3n) is 2.57. The zero-order chi connectivity index (χ0) is 11.9. The van der Waals surface area contributed by atoms with Gasteiger partial charge in [-0.15, -0.1) is 11.3 Å². The van der Waals surface area contributed by atoms with Crippen LogP contribution in [0.15, 0.2) is 6.20 Å². The summed E-state index contributed by atoms with van der Waals surface area (Å²) in [5, 5.41) is 10.1. The molecule has 0 aliphatic carbocycles. The van der Waals surface area contributed by atoms with Crippen molar-refractivity contribution in [1.29, 1.82) is 0 Å². The van der Waals surface area contributed by atoms with Gasteiger partial charge in [0.1, 0.15) is 0 Å². The van der Waals surface area contributed by atoms with Gasteiger partial charge in [-0.25, -0.2) is 4.98 Å². The molecule has 1 N–H and O–H groups in total. The summed E-state index contributed by atoms with van der Waals surface area (Å²) in [6, 6.07) is 0. The van der Waals surface area contributed by atoms with Crippen LogP contribution >= 0.6 is 11.3 Å². The molecule has 2 heterocycles. The highest BCUT2D eigenvalue weighted by atomic mass is 32.1. The first-order valence-corrected chi connectivity index (χ1v) is 6.14. The van der Waals surface area contributed by atoms with Crippen molar-refractivity contribution in [3.05, 3.63) is 11.1 Å². The standard InChI is InChI=1S/C11H16N2O2S/c1-11(2,3)8-5-12-10(16-8)13-6-7(14)4-9(13)15/h5,7,14H,4,6H2,1-3H3. The lowest BCUT2D eigenvalue weighted by Gasteiger charge is -2.15. The fourth-order valence-electron chi connectivity index (χ4n) is 1.61. The molecule has 1 fully saturated rings. The van der Waals surface area contributed by atoms with E-state index in [-0.39, 0.29) is 17.7 Å². The normalized spacial score (nSPS) is 21.9. The molecule has 1 aromatic rings. The Bertz CT molecular complexity index is 408. The van der Waals surface area contributed by atoms with Crippen LogP contribution < -0.4 is 4.90 Å². The van der Waals surface area contributed by atoms with E-state index >= 15 is 0 Å². The molecule has 1 aliphatic heterocycles. The largest absolute Gasteiger partial charge is 0.391 e. The first-order chi connectivity index (χ1) is 7.38. The molecule has 1 saturated heterocycles. The molecule has 0 spiro atoms. The summed E-state index contributed by atoms with van der Waals surface area (Å²) in [5.41, 5.74) is 0.0529. The number of aliphatic hydroxyl groups is 1. The van der Waals surface area contributed by atoms with Gasteiger partial charge in [-0.3, -0.25) is 9.69 Å². The summed E-state index contributed by atoms with van der Waals surface area (Å²) >= 11 is 1.53. The van der Waals surface area contributed by atoms with Crippen molar-refractivity contribution < 1.29 is 9.90 Å². The Labute approximate surface area is 98.9 Å². The Morgan fingerprint density at radius 1 is 1.56 bits per heavy atom. The number of carbonyl (C=O) groups is 1. The third kappa shape index (κ3) is 2.10. The summed E-state index contributed by atoms with van der Waals surface area (Å²) in [6.07, 6.45) is 1.48. The van der Waals surface area contributed by atoms with Crippen LogP contribution in [0.2, 0.25) is 0 Å². The minimum absolute atomic E-state index is 0.0395. The summed E-state index contributed by atoms with van der Waals surface area (Å²) in [5.74, 6) is -0.0395. The maximum absolute atomic E-state index is 11.6. The minimum Gasteiger partial charge on any atom is -0.391 e. The highest BCUT2D eigenvalue weighted by Gasteiger charge is 2.31. The number of aromatic nitrogens is 1. The first kappa shape index (κ1) is 11.5. The molecule has 88 valence electrons. The van der Waals surface area contributed by atoms with Crippen molar-refractivity contribution in [1.82, 2.24) is 4.98 Å². The van der Waals surface area contributed by atoms with E-state index in [0.29, 0.717) is 11.7 Å². The van der Waals surface area contributed by atoms with Crippen LogP contribution in [-0.2, 0) is 10.2 Å². The van der Waals surface area contributed by atoms with E-state index in [0.717, 1.165) is 4.88 Å². The topological polar surface area (TPSA) is 53.4 Å². The van der Waals surface area contributed by atoms with Crippen molar-refractivity contribution in [2.75, 3.05) is 11.4 Å². The Hall–Kier alpha value is -0.940. The first-order valence-electron chi connectivity index (χ1n) is 5.32. The maximum atomic E-state index is 11.6. The number of hydrogen-bond donors (Lipinski definition) is 1. The average Bonchev–Trinajstić information content (AvgIpc) is 2.70. The molecule has 2 rings (SSSR count). The van der Waals surface area contributed by atoms with Gasteiger partial charge in [0.2, 0.25) is 5.91 Å². The number of amides is 1. The second kappa shape index (κ2) is 3.82. The number of hydrogen-bond acceptors (Lipinski definition) is 4. The van der Waals surface area contributed by atoms with Crippen molar-refractivity contribution in [3.8, 4) is 0 Å². The molecule has 5 heteroatoms. The molecule has 0 saturated carbocycles. The fraction of sp³-hybridized carbons (Fsp3) is 0.636. The predicted molar refractivity (Wildman–Crippen MR) is 63.8 cm³/mol. The van der Waals surface area contributed by atoms with E-state index in [2.05, 4.69) is 25.8 Å². The van der Waals surface area contributed by atoms with Crippen molar-refractivity contribution in [2.45, 2.75) is 38.7 Å². The van der Waals surface area contributed by atoms with E-state index in [1.807, 2.05) is 6.20 Å². The van der Waals surface area contributed by atoms with Gasteiger partial charge in [0.25, 0.3) is 0 Å². The summed E-state index contributed by atoms with van der Waals surface area (Å²) in [7, 11) is 0. The number of carbonyl (C=O) groups excluding carboxylic acids is 1. The van der Waals surface area contributed by atoms with Gasteiger partial charge < -0.3 is 5.11 Å². The van der Waals surface area contributed by atoms with Crippen LogP contribution in [0, 0.1) is 0 Å². The highest BCUT2D eigenvalue weighted by Crippen LogP contribution is 2.33. The summed E-state index contributed by atoms with van der Waals surface area (Å²) < 4.78 is 0. The SMILES string of the molecule is CC(C)(C)c1cnc(N2CC(O)CC2=O)s1. The average molecular weight is 240 g/mol. The molecule has 4 nitrogen and oxygen atoms in total. The van der Waals surface area contributed by atoms with Gasteiger partial charge in [-0.2, -0.15) is 0 Å². The predicted octanol–water partition coefficient (Wildman–Crippen LogP) is 1.54. The van der Waals surface area contributed by atoms with Gasteiger partial charge in [-0.1, -0.05) is 20.8 Å². The fourth-order valence-corrected chi connectivity index (χ4v) is 2.61. The number of thiazole rings is 1. The number of β-amino-alcohol motifs (C(OH)–C–C–N with tert-alkyl or cyclic N) is 1. The third-order valence-corrected chi connectivity index (χ3v) is 4.01. The quantitative estimate of drug-likeness (QED) is 0.810. The molecule has 1 aromatic heterocycles. The molecular formula is C11H16N2O2S. The van der Waals surface area contributed by atoms with Crippen LogP contribution in [0.5, 0.6) is 0 Å². The maximum Gasteiger partial charge on any atom is 0.231 e. The van der Waals surface area contributed by atoms with Gasteiger partial charge in [-0.05, 0) is 5.41 Å². The number of anilines is 1. The Morgan fingerprint density at radius 2 is 2.25 bits per heavy atom. The second-order valence-corrected chi connectivity index (χ2v) is 6.13. The Balaban J connectivity index is 2.23. The molecule has 1 amide bonds. The van der Waals surface area contributed by atoms with Crippen LogP contribution in [0.25, 0.3) is 0 Å². The van der Waals surface area contributed by atoms with Crippen molar-refractivity contribution in [2.24, 2.45) is 0 Å². The number of rotatable bonds is 1. The molecule has 0 aromatic carbocycles. The molecule has 16 heavy (non-hydrogen) atoms. The van der Waals surface area contributed by atoms with Crippen LogP contribution in [0.4, 0.5) is 5.13 Å². The highest BCUT2D eigenvalue weighted by molar-refractivity contribution is 7.15. The molecule has 1 aliphatic rings. The Kier molecular flexibility index (Phi) is 2.75. The monoisotopic (exact) mass is 240 g/mol. The smallest absolute Gasteiger partial charge is 0.231 e. The van der Waals surface area contributed by atoms with E-state index in [9.17, 15) is 9.90 Å². The lowest BCUT2D eigenvalue weighted by Crippen LogP contribution is -2.24. The number of nitrogens with zero attached hydrogens (tertiary/aromatic N) is 2. The number of aliphatic hydroxyl groups excluding tert-OH is 1. The molecule has 1 unspecified atom stereocenters. The van der Waals surface area contributed by atoms with E-state index in [1.54, 1.807) is 4.90 Å². The van der Waals surface area contributed by atoms with Crippen LogP contribution in [-0.4, -0.2) is 28.6 Å². The van der Waals surface area contributed by atoms with E-state index in [4.69, 9.17) is 0 Å². The summed E-state index contributed by atoms with van der Waals surface area (Å²) in [6.45, 7) is 6.72. The van der Waals surface area contributed by atoms with Gasteiger partial charge in [0.05, 0.1) is 19.1 Å². The van der Waals surface area contributed by atoms with Gasteiger partial charge in [0, 0.05) is 11.1 Å². The Morgan fingerprint density at radius 3 is 2.69 bits per heavy atom. The van der Waals surface area contributed by atoms with Crippen LogP contribution in [0.1, 0.15) is 32.1 Å². The molecular weight excluding hydrogens is 224 g/mol. The van der Waals surface area contributed by atoms with Gasteiger partial charge >= 0.3 is 0 Å². The lowest BCUT2D eigenvalue weighted by atomic mass is 9.96. The second-order valence-electron chi connectivity index (χ2n) is 5.12. The van der Waals surface area contributed by atoms with E-state index in [1.165, 1.54) is 11.3 Å². The van der Waals surface area contributed by atoms with Gasteiger partial charge in [0.15, 0.2) is 5.13 Å². The van der Waals surface area contributed by atoms with Crippen molar-refractivity contribution >= 4 is 22.4 Å². The summed E-state index contributed by atoms with van der Waals surface area (Å²) in [4.78, 5) is 18.6. The minimum atomic E-state index is -0.547. The lowest BCUT2D eigenvalue weighted by molar-refractivity contribution is -0.117. The van der Waals surface area contributed by atoms with E-state index < -0.39 is 6.10 Å². The van der Waals surface area contributed by atoms with Crippen molar-refractivity contribution in [3.63, 3.8) is 0 Å². The van der Waals surface area contributed by atoms with Crippen LogP contribution in [0.3, 0.4) is 0 Å². The zero-order valence-corrected chi connectivity index (χ0v) is 10.5. The molecule has 1 atom stereocenters. The molecule has 0 bridgehead atoms. The molecule has 0 radical (unpaired) electrons. The zero-order valence-electron chi connectivity index (χ0n) is 9.73.